The summed E-state index contributed by atoms with van der Waals surface area (Å²) < 4.78 is 35.0. The Hall–Kier alpha value is -4.23. The Kier molecular flexibility index (Phi) is 7.81. The summed E-state index contributed by atoms with van der Waals surface area (Å²) >= 11 is 13.1. The van der Waals surface area contributed by atoms with Gasteiger partial charge >= 0.3 is 0 Å². The number of pyridine rings is 1. The van der Waals surface area contributed by atoms with Gasteiger partial charge in [0.2, 0.25) is 5.91 Å². The number of nitrogens with one attached hydrogen (secondary N) is 1. The summed E-state index contributed by atoms with van der Waals surface area (Å²) in [5, 5.41) is 15.6. The van der Waals surface area contributed by atoms with Crippen LogP contribution in [0.3, 0.4) is 0 Å². The summed E-state index contributed by atoms with van der Waals surface area (Å²) in [5.41, 5.74) is 4.94. The SMILES string of the molecule is Cc1nc2c(F)c(-c3cccc(Cl)c3Cl)c(CCC#N)cc2c2c1cc(C1C3CC(CN(c4ccccc4F)C3)N1C(=O)C1CC1)n2C1C2CNC1C2. The topological polar surface area (TPSA) is 77.2 Å². The van der Waals surface area contributed by atoms with Gasteiger partial charge in [0, 0.05) is 77.2 Å². The molecule has 270 valence electrons. The molecule has 2 aromatic heterocycles. The van der Waals surface area contributed by atoms with Gasteiger partial charge in [0.1, 0.15) is 11.3 Å². The molecule has 4 bridgehead atoms. The Balaban J connectivity index is 1.22. The summed E-state index contributed by atoms with van der Waals surface area (Å²) in [7, 11) is 0. The number of aromatic nitrogens is 2. The highest BCUT2D eigenvalue weighted by Gasteiger charge is 2.55. The lowest BCUT2D eigenvalue weighted by atomic mass is 9.79. The number of anilines is 1. The Morgan fingerprint density at radius 2 is 1.87 bits per heavy atom. The van der Waals surface area contributed by atoms with Gasteiger partial charge in [-0.05, 0) is 80.8 Å². The maximum Gasteiger partial charge on any atom is 0.226 e. The number of nitriles is 1. The van der Waals surface area contributed by atoms with Crippen molar-refractivity contribution in [1.82, 2.24) is 19.8 Å². The molecule has 0 radical (unpaired) electrons. The average Bonchev–Trinajstić information content (AvgIpc) is 3.43. The summed E-state index contributed by atoms with van der Waals surface area (Å²) in [6, 6.07) is 18.7. The number of nitrogens with zero attached hydrogens (tertiary/aromatic N) is 5. The van der Waals surface area contributed by atoms with E-state index in [-0.39, 0.29) is 64.7 Å². The number of rotatable bonds is 7. The van der Waals surface area contributed by atoms with Crippen molar-refractivity contribution in [2.75, 3.05) is 24.5 Å². The molecule has 0 spiro atoms. The van der Waals surface area contributed by atoms with Crippen LogP contribution < -0.4 is 10.2 Å². The zero-order valence-corrected chi connectivity index (χ0v) is 30.8. The van der Waals surface area contributed by atoms with Gasteiger partial charge in [-0.25, -0.2) is 13.8 Å². The van der Waals surface area contributed by atoms with Crippen molar-refractivity contribution in [3.05, 3.63) is 93.2 Å². The summed E-state index contributed by atoms with van der Waals surface area (Å²) in [6.45, 7) is 4.04. The number of halogens is 4. The van der Waals surface area contributed by atoms with Gasteiger partial charge in [0.25, 0.3) is 0 Å². The van der Waals surface area contributed by atoms with Gasteiger partial charge < -0.3 is 19.7 Å². The van der Waals surface area contributed by atoms with Crippen LogP contribution in [0.15, 0.2) is 54.6 Å². The van der Waals surface area contributed by atoms with E-state index < -0.39 is 5.82 Å². The molecule has 2 aliphatic carbocycles. The first kappa shape index (κ1) is 33.3. The number of para-hydroxylation sites is 1. The molecule has 53 heavy (non-hydrogen) atoms. The van der Waals surface area contributed by atoms with Crippen molar-refractivity contribution in [2.24, 2.45) is 17.8 Å². The van der Waals surface area contributed by atoms with E-state index in [9.17, 15) is 10.1 Å². The molecule has 6 fully saturated rings. The summed E-state index contributed by atoms with van der Waals surface area (Å²) in [4.78, 5) is 23.6. The van der Waals surface area contributed by atoms with Gasteiger partial charge in [-0.2, -0.15) is 5.26 Å². The molecule has 4 aliphatic heterocycles. The van der Waals surface area contributed by atoms with Crippen LogP contribution >= 0.6 is 23.2 Å². The fraction of sp³-hybridized carbons (Fsp3) is 0.405. The van der Waals surface area contributed by atoms with Gasteiger partial charge in [-0.1, -0.05) is 47.5 Å². The molecule has 1 N–H and O–H groups in total. The zero-order valence-electron chi connectivity index (χ0n) is 29.3. The summed E-state index contributed by atoms with van der Waals surface area (Å²) in [5.74, 6) is -0.0563. The maximum atomic E-state index is 17.3. The normalized spacial score (nSPS) is 26.0. The Morgan fingerprint density at radius 1 is 1.04 bits per heavy atom. The largest absolute Gasteiger partial charge is 0.367 e. The van der Waals surface area contributed by atoms with E-state index in [0.717, 1.165) is 48.8 Å². The Bertz CT molecular complexity index is 2390. The fourth-order valence-corrected chi connectivity index (χ4v) is 10.6. The minimum atomic E-state index is -0.489. The van der Waals surface area contributed by atoms with Gasteiger partial charge in [0.05, 0.1) is 45.4 Å². The van der Waals surface area contributed by atoms with Crippen molar-refractivity contribution < 1.29 is 13.6 Å². The minimum Gasteiger partial charge on any atom is -0.367 e. The maximum absolute atomic E-state index is 17.3. The second kappa shape index (κ2) is 12.4. The van der Waals surface area contributed by atoms with E-state index in [2.05, 4.69) is 31.8 Å². The monoisotopic (exact) mass is 750 g/mol. The molecule has 11 heteroatoms. The van der Waals surface area contributed by atoms with E-state index in [1.54, 1.807) is 24.3 Å². The summed E-state index contributed by atoms with van der Waals surface area (Å²) in [6.07, 6.45) is 4.22. The van der Waals surface area contributed by atoms with Crippen LogP contribution in [-0.4, -0.2) is 52.1 Å². The predicted octanol–water partition coefficient (Wildman–Crippen LogP) is 8.93. The highest BCUT2D eigenvalue weighted by atomic mass is 35.5. The molecule has 5 aromatic rings. The van der Waals surface area contributed by atoms with Gasteiger partial charge in [-0.3, -0.25) is 4.79 Å². The van der Waals surface area contributed by atoms with E-state index in [0.29, 0.717) is 63.9 Å². The van der Waals surface area contributed by atoms with Crippen LogP contribution in [-0.2, 0) is 11.2 Å². The smallest absolute Gasteiger partial charge is 0.226 e. The zero-order chi connectivity index (χ0) is 36.3. The van der Waals surface area contributed by atoms with Gasteiger partial charge in [-0.15, -0.1) is 0 Å². The highest BCUT2D eigenvalue weighted by molar-refractivity contribution is 6.43. The van der Waals surface area contributed by atoms with Crippen LogP contribution in [0.2, 0.25) is 10.0 Å². The lowest BCUT2D eigenvalue weighted by molar-refractivity contribution is -0.135. The van der Waals surface area contributed by atoms with Crippen LogP contribution in [0.4, 0.5) is 14.5 Å². The van der Waals surface area contributed by atoms with Crippen LogP contribution in [0.25, 0.3) is 32.9 Å². The minimum absolute atomic E-state index is 0.0240. The van der Waals surface area contributed by atoms with Gasteiger partial charge in [0.15, 0.2) is 5.82 Å². The van der Waals surface area contributed by atoms with Crippen LogP contribution in [0.5, 0.6) is 0 Å². The van der Waals surface area contributed by atoms with Crippen molar-refractivity contribution in [3.63, 3.8) is 0 Å². The molecular weight excluding hydrogens is 713 g/mol. The number of aryl methyl sites for hydroxylation is 2. The standard InChI is InChI=1S/C42H38Cl2F2N6O/c1-21-28-17-34(40-25-14-26(51(40)42(53)22-11-12-22)20-50(19-25)33-10-3-2-9-31(33)45)52(39-24-16-32(39)48-18-24)41(28)29-15-23(6-5-13-47)35(37(46)38(29)49-21)27-7-4-8-30(43)36(27)44/h2-4,7-10,15,17,22,24-26,32,39-40,48H,5-6,11-12,14,16,18-20H2,1H3. The number of carbonyl (C=O) groups is 1. The number of carbonyl (C=O) groups excluding carboxylic acids is 1. The number of likely N-dealkylation sites (tertiary alicyclic amines) is 1. The molecule has 4 saturated heterocycles. The molecule has 7 nitrogen and oxygen atoms in total. The lowest BCUT2D eigenvalue weighted by Gasteiger charge is -2.40. The highest BCUT2D eigenvalue weighted by Crippen LogP contribution is 2.54. The number of hydrogen-bond acceptors (Lipinski definition) is 5. The predicted molar refractivity (Wildman–Crippen MR) is 203 cm³/mol. The number of hydrogen-bond donors (Lipinski definition) is 1. The van der Waals surface area contributed by atoms with Crippen LogP contribution in [0, 0.1) is 47.6 Å². The molecule has 2 saturated carbocycles. The first-order chi connectivity index (χ1) is 25.7. The number of amides is 1. The van der Waals surface area contributed by atoms with Crippen molar-refractivity contribution in [3.8, 4) is 17.2 Å². The molecule has 6 heterocycles. The number of benzene rings is 3. The Morgan fingerprint density at radius 3 is 2.60 bits per heavy atom. The third kappa shape index (κ3) is 5.05. The third-order valence-electron chi connectivity index (χ3n) is 12.7. The van der Waals surface area contributed by atoms with Crippen LogP contribution in [0.1, 0.15) is 61.1 Å². The quantitative estimate of drug-likeness (QED) is 0.180. The molecular formula is C42H38Cl2F2N6O. The molecule has 1 amide bonds. The van der Waals surface area contributed by atoms with E-state index in [4.69, 9.17) is 28.2 Å². The average molecular weight is 752 g/mol. The van der Waals surface area contributed by atoms with E-state index in [1.165, 1.54) is 6.07 Å². The van der Waals surface area contributed by atoms with Crippen molar-refractivity contribution in [2.45, 2.75) is 69.6 Å². The number of piperidine rings is 1. The molecule has 11 rings (SSSR count). The lowest BCUT2D eigenvalue weighted by Crippen LogP contribution is -2.45. The van der Waals surface area contributed by atoms with Crippen molar-refractivity contribution in [1.29, 1.82) is 5.26 Å². The third-order valence-corrected chi connectivity index (χ3v) is 13.5. The van der Waals surface area contributed by atoms with E-state index >= 15 is 8.78 Å². The Labute approximate surface area is 316 Å². The second-order valence-electron chi connectivity index (χ2n) is 15.8. The molecule has 3 aromatic carbocycles. The molecule has 6 atom stereocenters. The molecule has 6 unspecified atom stereocenters. The number of fused-ring (bicyclic) bond motifs is 6. The first-order valence-corrected chi connectivity index (χ1v) is 19.5. The second-order valence-corrected chi connectivity index (χ2v) is 16.5. The molecule has 6 aliphatic rings. The fourth-order valence-electron chi connectivity index (χ4n) is 10.2. The van der Waals surface area contributed by atoms with Crippen molar-refractivity contribution >= 4 is 56.6 Å². The first-order valence-electron chi connectivity index (χ1n) is 18.8. The van der Waals surface area contributed by atoms with E-state index in [1.807, 2.05) is 25.1 Å².